The molecule has 0 radical (unpaired) electrons. The molecule has 2 rings (SSSR count). The van der Waals surface area contributed by atoms with Gasteiger partial charge in [-0.05, 0) is 38.1 Å². The maximum atomic E-state index is 12.7. The van der Waals surface area contributed by atoms with Gasteiger partial charge in [-0.3, -0.25) is 0 Å². The lowest BCUT2D eigenvalue weighted by molar-refractivity contribution is 0.470. The first kappa shape index (κ1) is 15.0. The van der Waals surface area contributed by atoms with Crippen molar-refractivity contribution in [2.75, 3.05) is 11.5 Å². The second-order valence-electron chi connectivity index (χ2n) is 4.76. The van der Waals surface area contributed by atoms with Crippen LogP contribution in [0.3, 0.4) is 0 Å². The third-order valence-electron chi connectivity index (χ3n) is 3.40. The normalized spacial score (nSPS) is 11.5. The van der Waals surface area contributed by atoms with Crippen molar-refractivity contribution in [2.24, 2.45) is 0 Å². The van der Waals surface area contributed by atoms with Gasteiger partial charge in [0.05, 0.1) is 21.2 Å². The number of phenolic OH excluding ortho intramolecular Hbond substituents is 2. The Labute approximate surface area is 122 Å². The van der Waals surface area contributed by atoms with Crippen LogP contribution in [0.15, 0.2) is 34.1 Å². The molecular formula is C14H16N2O4S. The third kappa shape index (κ3) is 2.25. The molecule has 0 saturated carbocycles. The fourth-order valence-electron chi connectivity index (χ4n) is 2.11. The molecule has 2 aromatic carbocycles. The molecule has 112 valence electrons. The lowest BCUT2D eigenvalue weighted by atomic mass is 10.2. The van der Waals surface area contributed by atoms with E-state index in [0.717, 1.165) is 0 Å². The van der Waals surface area contributed by atoms with Gasteiger partial charge in [-0.2, -0.15) is 0 Å². The molecule has 0 fully saturated rings. The van der Waals surface area contributed by atoms with Crippen LogP contribution in [0.1, 0.15) is 11.1 Å². The molecule has 0 spiro atoms. The van der Waals surface area contributed by atoms with Crippen LogP contribution >= 0.6 is 0 Å². The Bertz CT molecular complexity index is 766. The Hall–Kier alpha value is -2.41. The molecule has 0 amide bonds. The van der Waals surface area contributed by atoms with Crippen LogP contribution in [0.2, 0.25) is 0 Å². The summed E-state index contributed by atoms with van der Waals surface area (Å²) in [7, 11) is -3.91. The lowest BCUT2D eigenvalue weighted by Gasteiger charge is -2.14. The summed E-state index contributed by atoms with van der Waals surface area (Å²) in [6, 6.07) is 5.29. The Balaban J connectivity index is 2.75. The van der Waals surface area contributed by atoms with Crippen molar-refractivity contribution < 1.29 is 18.6 Å². The number of aromatic hydroxyl groups is 2. The molecule has 0 aromatic heterocycles. The van der Waals surface area contributed by atoms with Gasteiger partial charge in [-0.25, -0.2) is 8.42 Å². The van der Waals surface area contributed by atoms with Crippen molar-refractivity contribution >= 4 is 21.2 Å². The highest BCUT2D eigenvalue weighted by molar-refractivity contribution is 7.91. The minimum absolute atomic E-state index is 0.0681. The van der Waals surface area contributed by atoms with E-state index in [1.165, 1.54) is 38.1 Å². The first-order valence-corrected chi connectivity index (χ1v) is 7.57. The fraction of sp³-hybridized carbons (Fsp3) is 0.143. The Kier molecular flexibility index (Phi) is 3.46. The van der Waals surface area contributed by atoms with Crippen molar-refractivity contribution in [3.8, 4) is 11.5 Å². The van der Waals surface area contributed by atoms with Gasteiger partial charge in [0.2, 0.25) is 9.84 Å². The molecule has 7 heteroatoms. The van der Waals surface area contributed by atoms with E-state index in [0.29, 0.717) is 0 Å². The van der Waals surface area contributed by atoms with Gasteiger partial charge in [0.15, 0.2) is 0 Å². The van der Waals surface area contributed by atoms with Crippen molar-refractivity contribution in [3.05, 3.63) is 35.4 Å². The number of hydrogen-bond acceptors (Lipinski definition) is 6. The number of rotatable bonds is 2. The van der Waals surface area contributed by atoms with Gasteiger partial charge in [0, 0.05) is 11.1 Å². The van der Waals surface area contributed by atoms with E-state index in [1.54, 1.807) is 0 Å². The average Bonchev–Trinajstić information content (AvgIpc) is 2.41. The smallest absolute Gasteiger partial charge is 0.207 e. The summed E-state index contributed by atoms with van der Waals surface area (Å²) in [6.07, 6.45) is 0. The molecule has 0 unspecified atom stereocenters. The highest BCUT2D eigenvalue weighted by atomic mass is 32.2. The second kappa shape index (κ2) is 4.85. The van der Waals surface area contributed by atoms with Crippen LogP contribution in [0.25, 0.3) is 0 Å². The SMILES string of the molecule is Cc1c(S(=O)(=O)c2ccc(N)c(O)c2C)ccc(N)c1O. The van der Waals surface area contributed by atoms with E-state index in [2.05, 4.69) is 0 Å². The summed E-state index contributed by atoms with van der Waals surface area (Å²) in [4.78, 5) is -0.136. The third-order valence-corrected chi connectivity index (χ3v) is 5.45. The van der Waals surface area contributed by atoms with E-state index >= 15 is 0 Å². The predicted molar refractivity (Wildman–Crippen MR) is 80.0 cm³/mol. The van der Waals surface area contributed by atoms with Crippen molar-refractivity contribution in [3.63, 3.8) is 0 Å². The zero-order chi connectivity index (χ0) is 15.9. The van der Waals surface area contributed by atoms with Gasteiger partial charge in [0.1, 0.15) is 11.5 Å². The van der Waals surface area contributed by atoms with Crippen molar-refractivity contribution in [1.29, 1.82) is 0 Å². The first-order chi connectivity index (χ1) is 9.67. The van der Waals surface area contributed by atoms with E-state index in [-0.39, 0.29) is 43.8 Å². The summed E-state index contributed by atoms with van der Waals surface area (Å²) < 4.78 is 25.4. The van der Waals surface area contributed by atoms with Crippen LogP contribution in [0, 0.1) is 13.8 Å². The maximum Gasteiger partial charge on any atom is 0.207 e. The van der Waals surface area contributed by atoms with Crippen LogP contribution in [0.5, 0.6) is 11.5 Å². The number of sulfone groups is 1. The summed E-state index contributed by atoms with van der Waals surface area (Å²) in [5, 5.41) is 19.6. The number of benzene rings is 2. The molecule has 6 N–H and O–H groups in total. The number of hydrogen-bond donors (Lipinski definition) is 4. The quantitative estimate of drug-likeness (QED) is 0.494. The van der Waals surface area contributed by atoms with Crippen LogP contribution in [-0.4, -0.2) is 18.6 Å². The van der Waals surface area contributed by atoms with Crippen LogP contribution < -0.4 is 11.5 Å². The molecule has 21 heavy (non-hydrogen) atoms. The second-order valence-corrected chi connectivity index (χ2v) is 6.64. The monoisotopic (exact) mass is 308 g/mol. The Morgan fingerprint density at radius 2 is 1.14 bits per heavy atom. The Morgan fingerprint density at radius 3 is 1.48 bits per heavy atom. The topological polar surface area (TPSA) is 127 Å². The van der Waals surface area contributed by atoms with Crippen molar-refractivity contribution in [2.45, 2.75) is 23.6 Å². The van der Waals surface area contributed by atoms with E-state index in [4.69, 9.17) is 11.5 Å². The zero-order valence-electron chi connectivity index (χ0n) is 11.6. The maximum absolute atomic E-state index is 12.7. The zero-order valence-corrected chi connectivity index (χ0v) is 12.4. The molecule has 0 heterocycles. The average molecular weight is 308 g/mol. The van der Waals surface area contributed by atoms with E-state index in [9.17, 15) is 18.6 Å². The van der Waals surface area contributed by atoms with Gasteiger partial charge >= 0.3 is 0 Å². The highest BCUT2D eigenvalue weighted by Crippen LogP contribution is 2.37. The molecule has 0 bridgehead atoms. The largest absolute Gasteiger partial charge is 0.505 e. The highest BCUT2D eigenvalue weighted by Gasteiger charge is 2.25. The molecule has 6 nitrogen and oxygen atoms in total. The summed E-state index contributed by atoms with van der Waals surface area (Å²) >= 11 is 0. The summed E-state index contributed by atoms with van der Waals surface area (Å²) in [5.41, 5.74) is 11.6. The van der Waals surface area contributed by atoms with Gasteiger partial charge in [-0.15, -0.1) is 0 Å². The number of phenols is 2. The minimum Gasteiger partial charge on any atom is -0.505 e. The van der Waals surface area contributed by atoms with Crippen LogP contribution in [0.4, 0.5) is 11.4 Å². The molecule has 0 aliphatic rings. The predicted octanol–water partition coefficient (Wildman–Crippen LogP) is 1.71. The summed E-state index contributed by atoms with van der Waals surface area (Å²) in [6.45, 7) is 2.93. The van der Waals surface area contributed by atoms with Gasteiger partial charge in [-0.1, -0.05) is 0 Å². The first-order valence-electron chi connectivity index (χ1n) is 6.09. The molecule has 2 aromatic rings. The van der Waals surface area contributed by atoms with Gasteiger partial charge in [0.25, 0.3) is 0 Å². The summed E-state index contributed by atoms with van der Waals surface area (Å²) in [5.74, 6) is -0.540. The number of nitrogens with two attached hydrogens (primary N) is 2. The van der Waals surface area contributed by atoms with Gasteiger partial charge < -0.3 is 21.7 Å². The van der Waals surface area contributed by atoms with E-state index < -0.39 is 9.84 Å². The number of nitrogen functional groups attached to an aromatic ring is 2. The Morgan fingerprint density at radius 1 is 0.810 bits per heavy atom. The van der Waals surface area contributed by atoms with Crippen LogP contribution in [-0.2, 0) is 9.84 Å². The molecule has 0 aliphatic heterocycles. The number of anilines is 2. The molecule has 0 atom stereocenters. The van der Waals surface area contributed by atoms with E-state index in [1.807, 2.05) is 0 Å². The fourth-order valence-corrected chi connectivity index (χ4v) is 3.84. The molecular weight excluding hydrogens is 292 g/mol. The minimum atomic E-state index is -3.91. The standard InChI is InChI=1S/C14H16N2O4S/c1-7-11(5-3-9(15)13(7)17)21(19,20)12-6-4-10(16)14(18)8(12)2/h3-6,17-18H,15-16H2,1-2H3. The molecule has 0 saturated heterocycles. The lowest BCUT2D eigenvalue weighted by Crippen LogP contribution is -2.07. The molecule has 0 aliphatic carbocycles. The van der Waals surface area contributed by atoms with Crippen molar-refractivity contribution in [1.82, 2.24) is 0 Å².